The van der Waals surface area contributed by atoms with Crippen LogP contribution in [0.25, 0.3) is 11.0 Å². The highest BCUT2D eigenvalue weighted by atomic mass is 35.5. The molecule has 3 rings (SSSR count). The van der Waals surface area contributed by atoms with Crippen molar-refractivity contribution in [2.24, 2.45) is 0 Å². The summed E-state index contributed by atoms with van der Waals surface area (Å²) in [6.45, 7) is 1.38. The Balaban J connectivity index is 2.16. The molecule has 5 heteroatoms. The van der Waals surface area contributed by atoms with Crippen molar-refractivity contribution < 1.29 is 4.74 Å². The number of rotatable bonds is 1. The number of fused-ring (bicyclic) bond motifs is 1. The number of H-pyrrole nitrogens is 1. The smallest absolute Gasteiger partial charge is 0.326 e. The number of hydrogen-bond donors (Lipinski definition) is 1. The van der Waals surface area contributed by atoms with Crippen LogP contribution in [0, 0.1) is 0 Å². The highest BCUT2D eigenvalue weighted by Gasteiger charge is 2.20. The van der Waals surface area contributed by atoms with Crippen LogP contribution in [0.1, 0.15) is 18.9 Å². The standard InChI is InChI=1S/C12H13ClN2O2/c13-8-3-4-10-11(6-8)15(12(16)14-10)9-2-1-5-17-7-9/h3-4,6,9H,1-2,5,7H2,(H,14,16). The van der Waals surface area contributed by atoms with Gasteiger partial charge in [0.15, 0.2) is 0 Å². The number of ether oxygens (including phenoxy) is 1. The molecule has 1 aromatic heterocycles. The number of nitrogens with zero attached hydrogens (tertiary/aromatic N) is 1. The Hall–Kier alpha value is -1.26. The van der Waals surface area contributed by atoms with E-state index in [0.29, 0.717) is 11.6 Å². The van der Waals surface area contributed by atoms with Crippen molar-refractivity contribution >= 4 is 22.6 Å². The third kappa shape index (κ3) is 1.87. The van der Waals surface area contributed by atoms with E-state index >= 15 is 0 Å². The van der Waals surface area contributed by atoms with Crippen LogP contribution < -0.4 is 5.69 Å². The van der Waals surface area contributed by atoms with Gasteiger partial charge in [0.2, 0.25) is 0 Å². The molecule has 1 aliphatic heterocycles. The van der Waals surface area contributed by atoms with Crippen LogP contribution >= 0.6 is 11.6 Å². The zero-order valence-electron chi connectivity index (χ0n) is 9.28. The molecule has 4 nitrogen and oxygen atoms in total. The van der Waals surface area contributed by atoms with Gasteiger partial charge in [0, 0.05) is 11.6 Å². The van der Waals surface area contributed by atoms with Gasteiger partial charge in [-0.3, -0.25) is 4.57 Å². The predicted molar refractivity (Wildman–Crippen MR) is 66.7 cm³/mol. The first-order valence-corrected chi connectivity index (χ1v) is 6.11. The van der Waals surface area contributed by atoms with Crippen molar-refractivity contribution in [1.29, 1.82) is 0 Å². The van der Waals surface area contributed by atoms with Gasteiger partial charge in [-0.05, 0) is 31.0 Å². The minimum atomic E-state index is -0.0854. The van der Waals surface area contributed by atoms with Crippen LogP contribution in [0.5, 0.6) is 0 Å². The van der Waals surface area contributed by atoms with Crippen molar-refractivity contribution in [3.05, 3.63) is 33.7 Å². The van der Waals surface area contributed by atoms with Crippen LogP contribution in [0.2, 0.25) is 5.02 Å². The van der Waals surface area contributed by atoms with Gasteiger partial charge in [-0.15, -0.1) is 0 Å². The number of aromatic amines is 1. The maximum absolute atomic E-state index is 12.0. The fourth-order valence-corrected chi connectivity index (χ4v) is 2.55. The number of nitrogens with one attached hydrogen (secondary N) is 1. The average Bonchev–Trinajstić information content (AvgIpc) is 2.65. The monoisotopic (exact) mass is 252 g/mol. The molecular weight excluding hydrogens is 240 g/mol. The minimum absolute atomic E-state index is 0.0854. The minimum Gasteiger partial charge on any atom is -0.379 e. The second kappa shape index (κ2) is 4.20. The number of halogens is 1. The molecule has 90 valence electrons. The second-order valence-corrected chi connectivity index (χ2v) is 4.77. The summed E-state index contributed by atoms with van der Waals surface area (Å²) in [4.78, 5) is 14.8. The van der Waals surface area contributed by atoms with E-state index in [9.17, 15) is 4.79 Å². The van der Waals surface area contributed by atoms with E-state index in [0.717, 1.165) is 30.5 Å². The van der Waals surface area contributed by atoms with Gasteiger partial charge in [-0.2, -0.15) is 0 Å². The molecular formula is C12H13ClN2O2. The van der Waals surface area contributed by atoms with Gasteiger partial charge in [0.25, 0.3) is 0 Å². The first-order chi connectivity index (χ1) is 8.25. The number of imidazole rings is 1. The van der Waals surface area contributed by atoms with Gasteiger partial charge >= 0.3 is 5.69 Å². The van der Waals surface area contributed by atoms with Gasteiger partial charge in [-0.25, -0.2) is 4.79 Å². The van der Waals surface area contributed by atoms with E-state index in [2.05, 4.69) is 4.98 Å². The summed E-state index contributed by atoms with van der Waals surface area (Å²) in [5, 5.41) is 0.641. The Morgan fingerprint density at radius 1 is 1.47 bits per heavy atom. The van der Waals surface area contributed by atoms with Crippen LogP contribution in [-0.2, 0) is 4.74 Å². The molecule has 1 saturated heterocycles. The van der Waals surface area contributed by atoms with Crippen molar-refractivity contribution in [2.45, 2.75) is 18.9 Å². The zero-order valence-corrected chi connectivity index (χ0v) is 10.0. The second-order valence-electron chi connectivity index (χ2n) is 4.33. The third-order valence-electron chi connectivity index (χ3n) is 3.18. The van der Waals surface area contributed by atoms with Crippen molar-refractivity contribution in [2.75, 3.05) is 13.2 Å². The Morgan fingerprint density at radius 2 is 2.35 bits per heavy atom. The highest BCUT2D eigenvalue weighted by Crippen LogP contribution is 2.24. The Bertz CT molecular complexity index is 596. The summed E-state index contributed by atoms with van der Waals surface area (Å²) in [5.41, 5.74) is 1.60. The van der Waals surface area contributed by atoms with Gasteiger partial charge < -0.3 is 9.72 Å². The number of hydrogen-bond acceptors (Lipinski definition) is 2. The maximum atomic E-state index is 12.0. The SMILES string of the molecule is O=c1[nH]c2ccc(Cl)cc2n1C1CCCOC1. The van der Waals surface area contributed by atoms with Crippen molar-refractivity contribution in [1.82, 2.24) is 9.55 Å². The van der Waals surface area contributed by atoms with Crippen molar-refractivity contribution in [3.63, 3.8) is 0 Å². The summed E-state index contributed by atoms with van der Waals surface area (Å²) in [5.74, 6) is 0. The molecule has 2 heterocycles. The molecule has 1 fully saturated rings. The van der Waals surface area contributed by atoms with E-state index < -0.39 is 0 Å². The summed E-state index contributed by atoms with van der Waals surface area (Å²) >= 11 is 5.98. The van der Waals surface area contributed by atoms with E-state index in [1.54, 1.807) is 10.6 Å². The average molecular weight is 253 g/mol. The first-order valence-electron chi connectivity index (χ1n) is 5.73. The number of benzene rings is 1. The topological polar surface area (TPSA) is 47.0 Å². The summed E-state index contributed by atoms with van der Waals surface area (Å²) in [7, 11) is 0. The quantitative estimate of drug-likeness (QED) is 0.847. The van der Waals surface area contributed by atoms with Crippen LogP contribution in [0.4, 0.5) is 0 Å². The van der Waals surface area contributed by atoms with Gasteiger partial charge in [0.1, 0.15) is 0 Å². The summed E-state index contributed by atoms with van der Waals surface area (Å²) in [6.07, 6.45) is 1.96. The molecule has 1 N–H and O–H groups in total. The first kappa shape index (κ1) is 10.9. The molecule has 2 aromatic rings. The lowest BCUT2D eigenvalue weighted by molar-refractivity contribution is 0.0595. The Morgan fingerprint density at radius 3 is 3.12 bits per heavy atom. The van der Waals surface area contributed by atoms with E-state index in [4.69, 9.17) is 16.3 Å². The lowest BCUT2D eigenvalue weighted by atomic mass is 10.1. The molecule has 1 aromatic carbocycles. The fraction of sp³-hybridized carbons (Fsp3) is 0.417. The van der Waals surface area contributed by atoms with Gasteiger partial charge in [0.05, 0.1) is 23.7 Å². The molecule has 17 heavy (non-hydrogen) atoms. The van der Waals surface area contributed by atoms with Gasteiger partial charge in [-0.1, -0.05) is 11.6 Å². The number of aromatic nitrogens is 2. The van der Waals surface area contributed by atoms with Crippen LogP contribution in [-0.4, -0.2) is 22.8 Å². The maximum Gasteiger partial charge on any atom is 0.326 e. The largest absolute Gasteiger partial charge is 0.379 e. The lowest BCUT2D eigenvalue weighted by Crippen LogP contribution is -2.28. The lowest BCUT2D eigenvalue weighted by Gasteiger charge is -2.23. The molecule has 0 radical (unpaired) electrons. The van der Waals surface area contributed by atoms with Crippen LogP contribution in [0.3, 0.4) is 0 Å². The predicted octanol–water partition coefficient (Wildman–Crippen LogP) is 2.33. The normalized spacial score (nSPS) is 20.9. The molecule has 0 saturated carbocycles. The van der Waals surface area contributed by atoms with E-state index in [-0.39, 0.29) is 11.7 Å². The molecule has 0 amide bonds. The molecule has 0 bridgehead atoms. The Kier molecular flexibility index (Phi) is 2.68. The summed E-state index contributed by atoms with van der Waals surface area (Å²) < 4.78 is 7.20. The fourth-order valence-electron chi connectivity index (χ4n) is 2.38. The third-order valence-corrected chi connectivity index (χ3v) is 3.42. The molecule has 0 aliphatic carbocycles. The molecule has 1 aliphatic rings. The highest BCUT2D eigenvalue weighted by molar-refractivity contribution is 6.31. The van der Waals surface area contributed by atoms with E-state index in [1.807, 2.05) is 12.1 Å². The molecule has 0 spiro atoms. The van der Waals surface area contributed by atoms with Crippen molar-refractivity contribution in [3.8, 4) is 0 Å². The zero-order chi connectivity index (χ0) is 11.8. The molecule has 1 atom stereocenters. The Labute approximate surface area is 103 Å². The van der Waals surface area contributed by atoms with Crippen LogP contribution in [0.15, 0.2) is 23.0 Å². The summed E-state index contributed by atoms with van der Waals surface area (Å²) in [6, 6.07) is 5.55. The molecule has 1 unspecified atom stereocenters. The van der Waals surface area contributed by atoms with E-state index in [1.165, 1.54) is 0 Å².